The van der Waals surface area contributed by atoms with Gasteiger partial charge in [0.2, 0.25) is 17.8 Å². The molecule has 0 aliphatic carbocycles. The number of hydrogen-bond acceptors (Lipinski definition) is 8. The minimum atomic E-state index is 0.327. The summed E-state index contributed by atoms with van der Waals surface area (Å²) in [6, 6.07) is 15.2. The molecule has 1 aromatic heterocycles. The summed E-state index contributed by atoms with van der Waals surface area (Å²) in [5.74, 6) is 1.35. The Hall–Kier alpha value is -2.94. The maximum Gasteiger partial charge on any atom is 0.250 e. The maximum absolute atomic E-state index is 6.19. The van der Waals surface area contributed by atoms with Crippen molar-refractivity contribution in [3.8, 4) is 0 Å². The minimum absolute atomic E-state index is 0.327. The van der Waals surface area contributed by atoms with E-state index >= 15 is 0 Å². The van der Waals surface area contributed by atoms with Crippen LogP contribution in [0.15, 0.2) is 53.6 Å². The fraction of sp³-hybridized carbons (Fsp3) is 0.238. The van der Waals surface area contributed by atoms with E-state index in [1.807, 2.05) is 30.3 Å². The Bertz CT molecular complexity index is 1040. The monoisotopic (exact) mass is 457 g/mol. The second kappa shape index (κ2) is 10.4. The molecule has 4 rings (SSSR count). The van der Waals surface area contributed by atoms with Crippen molar-refractivity contribution in [2.45, 2.75) is 6.54 Å². The first kappa shape index (κ1) is 21.3. The van der Waals surface area contributed by atoms with E-state index in [0.29, 0.717) is 60.7 Å². The van der Waals surface area contributed by atoms with Gasteiger partial charge in [0.15, 0.2) is 0 Å². The number of anilines is 3. The number of hydrazone groups is 1. The second-order valence-corrected chi connectivity index (χ2v) is 7.60. The zero-order valence-electron chi connectivity index (χ0n) is 16.6. The molecule has 0 unspecified atom stereocenters. The van der Waals surface area contributed by atoms with Gasteiger partial charge >= 0.3 is 0 Å². The first-order chi connectivity index (χ1) is 15.2. The molecule has 31 heavy (non-hydrogen) atoms. The third kappa shape index (κ3) is 6.04. The highest BCUT2D eigenvalue weighted by atomic mass is 35.5. The number of aromatic nitrogens is 3. The highest BCUT2D eigenvalue weighted by Crippen LogP contribution is 2.20. The number of hydrogen-bond donors (Lipinski definition) is 2. The van der Waals surface area contributed by atoms with Crippen LogP contribution < -0.4 is 15.6 Å². The lowest BCUT2D eigenvalue weighted by atomic mass is 10.2. The molecule has 1 aliphatic rings. The molecule has 0 amide bonds. The predicted octanol–water partition coefficient (Wildman–Crippen LogP) is 4.07. The fourth-order valence-corrected chi connectivity index (χ4v) is 3.40. The van der Waals surface area contributed by atoms with Crippen molar-refractivity contribution in [3.63, 3.8) is 0 Å². The lowest BCUT2D eigenvalue weighted by Gasteiger charge is -2.27. The van der Waals surface area contributed by atoms with Gasteiger partial charge in [0.1, 0.15) is 0 Å². The molecule has 1 saturated heterocycles. The standard InChI is InChI=1S/C21H21Cl2N7O/c22-17-7-6-16(18(23)12-17)14-25-29-20-26-19(24-13-15-4-2-1-3-5-15)27-21(28-20)30-8-10-31-11-9-30/h1-7,12,14H,8-11,13H2,(H2,24,26,27,28,29)/b25-14-. The molecule has 3 aromatic rings. The molecule has 1 fully saturated rings. The minimum Gasteiger partial charge on any atom is -0.378 e. The number of nitrogens with zero attached hydrogens (tertiary/aromatic N) is 5. The fourth-order valence-electron chi connectivity index (χ4n) is 2.94. The Morgan fingerprint density at radius 3 is 2.55 bits per heavy atom. The van der Waals surface area contributed by atoms with Gasteiger partial charge in [-0.3, -0.25) is 0 Å². The zero-order chi connectivity index (χ0) is 21.5. The Morgan fingerprint density at radius 1 is 1.00 bits per heavy atom. The number of nitrogens with one attached hydrogen (secondary N) is 2. The van der Waals surface area contributed by atoms with E-state index < -0.39 is 0 Å². The summed E-state index contributed by atoms with van der Waals surface area (Å²) in [6.07, 6.45) is 1.59. The molecule has 2 aromatic carbocycles. The summed E-state index contributed by atoms with van der Waals surface area (Å²) < 4.78 is 5.43. The molecule has 1 aliphatic heterocycles. The van der Waals surface area contributed by atoms with E-state index in [-0.39, 0.29) is 0 Å². The van der Waals surface area contributed by atoms with E-state index in [0.717, 1.165) is 11.1 Å². The smallest absolute Gasteiger partial charge is 0.250 e. The van der Waals surface area contributed by atoms with Gasteiger partial charge in [-0.25, -0.2) is 5.43 Å². The van der Waals surface area contributed by atoms with Gasteiger partial charge in [-0.15, -0.1) is 0 Å². The van der Waals surface area contributed by atoms with Crippen LogP contribution in [0.25, 0.3) is 0 Å². The quantitative estimate of drug-likeness (QED) is 0.408. The zero-order valence-corrected chi connectivity index (χ0v) is 18.1. The molecule has 0 bridgehead atoms. The van der Waals surface area contributed by atoms with Crippen molar-refractivity contribution in [1.29, 1.82) is 0 Å². The lowest BCUT2D eigenvalue weighted by Crippen LogP contribution is -2.37. The van der Waals surface area contributed by atoms with Gasteiger partial charge in [-0.2, -0.15) is 20.1 Å². The number of ether oxygens (including phenoxy) is 1. The van der Waals surface area contributed by atoms with Gasteiger partial charge in [0.05, 0.1) is 24.5 Å². The average molecular weight is 458 g/mol. The third-order valence-corrected chi connectivity index (χ3v) is 5.10. The highest BCUT2D eigenvalue weighted by molar-refractivity contribution is 6.36. The summed E-state index contributed by atoms with van der Waals surface area (Å²) in [6.45, 7) is 3.29. The van der Waals surface area contributed by atoms with Crippen molar-refractivity contribution in [1.82, 2.24) is 15.0 Å². The summed E-state index contributed by atoms with van der Waals surface area (Å²) in [5.41, 5.74) is 4.72. The van der Waals surface area contributed by atoms with Crippen LogP contribution >= 0.6 is 23.2 Å². The van der Waals surface area contributed by atoms with Crippen molar-refractivity contribution >= 4 is 47.3 Å². The van der Waals surface area contributed by atoms with Crippen molar-refractivity contribution in [2.24, 2.45) is 5.10 Å². The molecule has 8 nitrogen and oxygen atoms in total. The first-order valence-electron chi connectivity index (χ1n) is 9.78. The largest absolute Gasteiger partial charge is 0.378 e. The molecule has 10 heteroatoms. The number of morpholine rings is 1. The van der Waals surface area contributed by atoms with Crippen LogP contribution in [-0.2, 0) is 11.3 Å². The van der Waals surface area contributed by atoms with E-state index in [1.165, 1.54) is 0 Å². The first-order valence-corrected chi connectivity index (χ1v) is 10.5. The van der Waals surface area contributed by atoms with Crippen LogP contribution in [0.2, 0.25) is 10.0 Å². The third-order valence-electron chi connectivity index (χ3n) is 4.54. The van der Waals surface area contributed by atoms with Crippen molar-refractivity contribution in [3.05, 3.63) is 69.7 Å². The molecule has 0 atom stereocenters. The van der Waals surface area contributed by atoms with E-state index in [9.17, 15) is 0 Å². The van der Waals surface area contributed by atoms with Gasteiger partial charge < -0.3 is 15.0 Å². The molecule has 160 valence electrons. The average Bonchev–Trinajstić information content (AvgIpc) is 2.80. The molecular formula is C21H21Cl2N7O. The van der Waals surface area contributed by atoms with Gasteiger partial charge in [-0.05, 0) is 17.7 Å². The lowest BCUT2D eigenvalue weighted by molar-refractivity contribution is 0.122. The van der Waals surface area contributed by atoms with Crippen molar-refractivity contribution < 1.29 is 4.74 Å². The number of rotatable bonds is 7. The SMILES string of the molecule is Clc1ccc(/C=N\Nc2nc(NCc3ccccc3)nc(N3CCOCC3)n2)c(Cl)c1. The summed E-state index contributed by atoms with van der Waals surface area (Å²) >= 11 is 12.1. The van der Waals surface area contributed by atoms with E-state index in [4.69, 9.17) is 27.9 Å². The Morgan fingerprint density at radius 2 is 1.77 bits per heavy atom. The number of halogens is 2. The number of benzene rings is 2. The second-order valence-electron chi connectivity index (χ2n) is 6.76. The van der Waals surface area contributed by atoms with Gasteiger partial charge in [0, 0.05) is 30.2 Å². The predicted molar refractivity (Wildman–Crippen MR) is 124 cm³/mol. The highest BCUT2D eigenvalue weighted by Gasteiger charge is 2.16. The van der Waals surface area contributed by atoms with Crippen LogP contribution in [0.1, 0.15) is 11.1 Å². The summed E-state index contributed by atoms with van der Waals surface area (Å²) in [7, 11) is 0. The van der Waals surface area contributed by atoms with Gasteiger partial charge in [-0.1, -0.05) is 59.6 Å². The Labute approximate surface area is 190 Å². The van der Waals surface area contributed by atoms with Crippen LogP contribution in [0.5, 0.6) is 0 Å². The molecule has 0 radical (unpaired) electrons. The molecule has 0 saturated carbocycles. The molecular weight excluding hydrogens is 437 g/mol. The van der Waals surface area contributed by atoms with Gasteiger partial charge in [0.25, 0.3) is 0 Å². The molecule has 2 heterocycles. The normalized spacial score (nSPS) is 14.1. The topological polar surface area (TPSA) is 87.6 Å². The molecule has 0 spiro atoms. The maximum atomic E-state index is 6.19. The van der Waals surface area contributed by atoms with Crippen LogP contribution in [0.4, 0.5) is 17.8 Å². The van der Waals surface area contributed by atoms with Crippen LogP contribution in [0, 0.1) is 0 Å². The van der Waals surface area contributed by atoms with E-state index in [1.54, 1.807) is 24.4 Å². The summed E-state index contributed by atoms with van der Waals surface area (Å²) in [5, 5.41) is 8.55. The molecule has 2 N–H and O–H groups in total. The van der Waals surface area contributed by atoms with Crippen LogP contribution in [-0.4, -0.2) is 47.5 Å². The van der Waals surface area contributed by atoms with Crippen molar-refractivity contribution in [2.75, 3.05) is 41.9 Å². The Kier molecular flexibility index (Phi) is 7.14. The Balaban J connectivity index is 1.52. The van der Waals surface area contributed by atoms with Crippen LogP contribution in [0.3, 0.4) is 0 Å². The summed E-state index contributed by atoms with van der Waals surface area (Å²) in [4.78, 5) is 15.6. The van der Waals surface area contributed by atoms with E-state index in [2.05, 4.69) is 35.7 Å².